The first-order valence-electron chi connectivity index (χ1n) is 11.0. The molecular weight excluding hydrogens is 473 g/mol. The summed E-state index contributed by atoms with van der Waals surface area (Å²) in [5, 5.41) is 2.03. The van der Waals surface area contributed by atoms with Crippen LogP contribution in [0.5, 0.6) is 0 Å². The molecule has 1 unspecified atom stereocenters. The van der Waals surface area contributed by atoms with Crippen LogP contribution in [-0.4, -0.2) is 52.4 Å². The third-order valence-electron chi connectivity index (χ3n) is 5.54. The molecule has 178 valence electrons. The van der Waals surface area contributed by atoms with Gasteiger partial charge in [-0.25, -0.2) is 9.97 Å². The molecule has 0 bridgehead atoms. The predicted molar refractivity (Wildman–Crippen MR) is 138 cm³/mol. The van der Waals surface area contributed by atoms with E-state index in [4.69, 9.17) is 28.9 Å². The Kier molecular flexibility index (Phi) is 8.47. The number of anilines is 1. The van der Waals surface area contributed by atoms with Crippen molar-refractivity contribution in [3.05, 3.63) is 65.4 Å². The molecule has 2 aromatic carbocycles. The molecule has 2 heterocycles. The first kappa shape index (κ1) is 25.5. The number of amides is 2. The highest BCUT2D eigenvalue weighted by Crippen LogP contribution is 2.35. The fourth-order valence-electron chi connectivity index (χ4n) is 4.03. The van der Waals surface area contributed by atoms with Gasteiger partial charge in [0.2, 0.25) is 11.8 Å². The highest BCUT2D eigenvalue weighted by atomic mass is 35.5. The number of primary amides is 1. The molecule has 0 radical (unpaired) electrons. The number of piperazine rings is 1. The number of hydrogen-bond acceptors (Lipinski definition) is 5. The number of fused-ring (bicyclic) bond motifs is 1. The summed E-state index contributed by atoms with van der Waals surface area (Å²) >= 11 is 12.6. The molecule has 0 spiro atoms. The average Bonchev–Trinajstić information content (AvgIpc) is 2.84. The minimum absolute atomic E-state index is 0.0565. The van der Waals surface area contributed by atoms with E-state index in [0.29, 0.717) is 41.0 Å². The minimum Gasteiger partial charge on any atom is -0.370 e. The van der Waals surface area contributed by atoms with Gasteiger partial charge in [0.05, 0.1) is 16.6 Å². The number of hydrogen-bond donors (Lipinski definition) is 1. The van der Waals surface area contributed by atoms with E-state index in [1.54, 1.807) is 4.90 Å². The highest BCUT2D eigenvalue weighted by molar-refractivity contribution is 6.34. The van der Waals surface area contributed by atoms with Gasteiger partial charge in [-0.3, -0.25) is 9.59 Å². The number of benzene rings is 2. The lowest BCUT2D eigenvalue weighted by Crippen LogP contribution is -2.56. The summed E-state index contributed by atoms with van der Waals surface area (Å²) in [5.41, 5.74) is 7.90. The van der Waals surface area contributed by atoms with Gasteiger partial charge in [-0.2, -0.15) is 0 Å². The number of nitrogens with two attached hydrogens (primary N) is 1. The molecule has 0 saturated carbocycles. The maximum atomic E-state index is 12.3. The van der Waals surface area contributed by atoms with Crippen molar-refractivity contribution in [3.8, 4) is 11.1 Å². The van der Waals surface area contributed by atoms with Gasteiger partial charge in [0.1, 0.15) is 12.1 Å². The normalized spacial score (nSPS) is 15.5. The molecule has 34 heavy (non-hydrogen) atoms. The molecular formula is C25H27Cl2N5O2. The third-order valence-corrected chi connectivity index (χ3v) is 6.10. The largest absolute Gasteiger partial charge is 0.370 e. The molecule has 1 aromatic heterocycles. The van der Waals surface area contributed by atoms with Crippen LogP contribution >= 0.6 is 23.2 Å². The fraction of sp³-hybridized carbons (Fsp3) is 0.280. The summed E-state index contributed by atoms with van der Waals surface area (Å²) in [6.07, 6.45) is 2.80. The molecule has 3 aromatic rings. The van der Waals surface area contributed by atoms with Crippen LogP contribution in [-0.2, 0) is 9.59 Å². The number of halogens is 2. The van der Waals surface area contributed by atoms with Crippen LogP contribution in [0.2, 0.25) is 10.0 Å². The molecule has 4 rings (SSSR count). The third kappa shape index (κ3) is 5.48. The maximum Gasteiger partial charge on any atom is 0.246 e. The van der Waals surface area contributed by atoms with E-state index in [-0.39, 0.29) is 18.4 Å². The van der Waals surface area contributed by atoms with E-state index in [0.717, 1.165) is 16.5 Å². The molecule has 2 N–H and O–H groups in total. The van der Waals surface area contributed by atoms with Gasteiger partial charge in [0.15, 0.2) is 0 Å². The summed E-state index contributed by atoms with van der Waals surface area (Å²) in [6, 6.07) is 10.8. The van der Waals surface area contributed by atoms with Crippen LogP contribution in [0.15, 0.2) is 55.4 Å². The number of nitrogens with zero attached hydrogens (tertiary/aromatic N) is 4. The molecule has 1 aliphatic heterocycles. The Labute approximate surface area is 209 Å². The molecule has 1 atom stereocenters. The van der Waals surface area contributed by atoms with Crippen molar-refractivity contribution in [2.75, 3.05) is 24.5 Å². The minimum atomic E-state index is -0.469. The van der Waals surface area contributed by atoms with Gasteiger partial charge in [-0.15, -0.1) is 0 Å². The van der Waals surface area contributed by atoms with Gasteiger partial charge in [-0.05, 0) is 35.9 Å². The van der Waals surface area contributed by atoms with Crippen molar-refractivity contribution < 1.29 is 9.59 Å². The summed E-state index contributed by atoms with van der Waals surface area (Å²) in [5.74, 6) is 0.0189. The molecule has 0 aliphatic carbocycles. The first-order chi connectivity index (χ1) is 16.4. The van der Waals surface area contributed by atoms with Crippen molar-refractivity contribution >= 4 is 51.7 Å². The van der Waals surface area contributed by atoms with Gasteiger partial charge in [0, 0.05) is 42.0 Å². The monoisotopic (exact) mass is 499 g/mol. The second kappa shape index (κ2) is 11.3. The van der Waals surface area contributed by atoms with Crippen molar-refractivity contribution in [1.29, 1.82) is 0 Å². The topological polar surface area (TPSA) is 92.4 Å². The SMILES string of the molecule is C=CC(=O)N1CCN(c2ncnc3cc(Cl)c(-c4ccc(Cl)cc4)cc23)CC1CC(N)=O.CC. The van der Waals surface area contributed by atoms with E-state index in [2.05, 4.69) is 16.5 Å². The highest BCUT2D eigenvalue weighted by Gasteiger charge is 2.31. The second-order valence-corrected chi connectivity index (χ2v) is 8.40. The zero-order chi connectivity index (χ0) is 24.8. The van der Waals surface area contributed by atoms with E-state index in [9.17, 15) is 9.59 Å². The van der Waals surface area contributed by atoms with Crippen LogP contribution in [0.1, 0.15) is 20.3 Å². The van der Waals surface area contributed by atoms with Crippen molar-refractivity contribution in [2.24, 2.45) is 5.73 Å². The van der Waals surface area contributed by atoms with Crippen molar-refractivity contribution in [2.45, 2.75) is 26.3 Å². The number of aromatic nitrogens is 2. The van der Waals surface area contributed by atoms with Crippen molar-refractivity contribution in [1.82, 2.24) is 14.9 Å². The molecule has 1 aliphatic rings. The zero-order valence-corrected chi connectivity index (χ0v) is 20.7. The maximum absolute atomic E-state index is 12.3. The van der Waals surface area contributed by atoms with Gasteiger partial charge < -0.3 is 15.5 Å². The van der Waals surface area contributed by atoms with E-state index >= 15 is 0 Å². The number of rotatable bonds is 5. The van der Waals surface area contributed by atoms with Gasteiger partial charge in [-0.1, -0.05) is 55.8 Å². The fourth-order valence-corrected chi connectivity index (χ4v) is 4.42. The van der Waals surface area contributed by atoms with E-state index < -0.39 is 5.91 Å². The lowest BCUT2D eigenvalue weighted by atomic mass is 10.0. The number of carbonyl (C=O) groups is 2. The summed E-state index contributed by atoms with van der Waals surface area (Å²) in [7, 11) is 0. The standard InChI is InChI=1S/C23H21Cl2N5O2.C2H6/c1-2-22(32)30-8-7-29(12-16(30)9-21(26)31)23-18-10-17(14-3-5-15(24)6-4-14)19(25)11-20(18)27-13-28-23;1-2/h2-6,10-11,13,16H,1,7-9,12H2,(H2,26,31);1-2H3. The molecule has 9 heteroatoms. The Morgan fingerprint density at radius 3 is 2.50 bits per heavy atom. The van der Waals surface area contributed by atoms with Gasteiger partial charge >= 0.3 is 0 Å². The summed E-state index contributed by atoms with van der Waals surface area (Å²) < 4.78 is 0. The van der Waals surface area contributed by atoms with Crippen LogP contribution in [0.3, 0.4) is 0 Å². The van der Waals surface area contributed by atoms with Crippen LogP contribution in [0, 0.1) is 0 Å². The molecule has 2 amide bonds. The smallest absolute Gasteiger partial charge is 0.246 e. The number of carbonyl (C=O) groups excluding carboxylic acids is 2. The second-order valence-electron chi connectivity index (χ2n) is 7.56. The predicted octanol–water partition coefficient (Wildman–Crippen LogP) is 4.71. The van der Waals surface area contributed by atoms with Crippen LogP contribution < -0.4 is 10.6 Å². The summed E-state index contributed by atoms with van der Waals surface area (Å²) in [4.78, 5) is 36.5. The Bertz CT molecular complexity index is 1200. The lowest BCUT2D eigenvalue weighted by Gasteiger charge is -2.41. The summed E-state index contributed by atoms with van der Waals surface area (Å²) in [6.45, 7) is 8.93. The first-order valence-corrected chi connectivity index (χ1v) is 11.8. The molecule has 1 fully saturated rings. The van der Waals surface area contributed by atoms with E-state index in [1.165, 1.54) is 12.4 Å². The van der Waals surface area contributed by atoms with Crippen LogP contribution in [0.4, 0.5) is 5.82 Å². The Balaban J connectivity index is 0.00000158. The van der Waals surface area contributed by atoms with E-state index in [1.807, 2.05) is 55.1 Å². The molecule has 1 saturated heterocycles. The van der Waals surface area contributed by atoms with Gasteiger partial charge in [0.25, 0.3) is 0 Å². The Morgan fingerprint density at radius 2 is 1.85 bits per heavy atom. The Morgan fingerprint density at radius 1 is 1.15 bits per heavy atom. The Hall–Kier alpha value is -3.16. The van der Waals surface area contributed by atoms with Crippen LogP contribution in [0.25, 0.3) is 22.0 Å². The zero-order valence-electron chi connectivity index (χ0n) is 19.2. The lowest BCUT2D eigenvalue weighted by molar-refractivity contribution is -0.130. The van der Waals surface area contributed by atoms with Crippen molar-refractivity contribution in [3.63, 3.8) is 0 Å². The average molecular weight is 500 g/mol. The quantitative estimate of drug-likeness (QED) is 0.513. The molecule has 7 nitrogen and oxygen atoms in total.